The first-order valence-corrected chi connectivity index (χ1v) is 7.24. The average molecular weight is 320 g/mol. The van der Waals surface area contributed by atoms with Crippen molar-refractivity contribution in [1.29, 1.82) is 0 Å². The van der Waals surface area contributed by atoms with E-state index in [9.17, 15) is 13.6 Å². The first kappa shape index (κ1) is 16.7. The summed E-state index contributed by atoms with van der Waals surface area (Å²) < 4.78 is 29.2. The van der Waals surface area contributed by atoms with Crippen LogP contribution in [0.3, 0.4) is 0 Å². The Balaban J connectivity index is 2.04. The highest BCUT2D eigenvalue weighted by atomic mass is 19.3. The zero-order valence-corrected chi connectivity index (χ0v) is 12.7. The lowest BCUT2D eigenvalue weighted by atomic mass is 10.2. The normalized spacial score (nSPS) is 10.4. The first-order chi connectivity index (χ1) is 11.1. The molecule has 0 atom stereocenters. The van der Waals surface area contributed by atoms with Gasteiger partial charge >= 0.3 is 6.61 Å². The Hall–Kier alpha value is -2.63. The number of ether oxygens (including phenoxy) is 1. The van der Waals surface area contributed by atoms with Crippen LogP contribution in [0, 0.1) is 0 Å². The number of carbonyl (C=O) groups excluding carboxylic acids is 1. The number of nitrogens with one attached hydrogen (secondary N) is 1. The van der Waals surface area contributed by atoms with Crippen molar-refractivity contribution in [2.24, 2.45) is 0 Å². The van der Waals surface area contributed by atoms with Crippen LogP contribution in [0.2, 0.25) is 0 Å². The highest BCUT2D eigenvalue weighted by Crippen LogP contribution is 2.25. The molecule has 2 aromatic rings. The quantitative estimate of drug-likeness (QED) is 0.845. The molecule has 1 amide bonds. The van der Waals surface area contributed by atoms with Crippen LogP contribution < -0.4 is 15.0 Å². The number of halogens is 2. The number of benzene rings is 2. The van der Waals surface area contributed by atoms with E-state index in [0.29, 0.717) is 6.54 Å². The number of hydrogen-bond donors (Lipinski definition) is 1. The average Bonchev–Trinajstić information content (AvgIpc) is 2.55. The number of anilines is 2. The van der Waals surface area contributed by atoms with Gasteiger partial charge in [0.1, 0.15) is 5.75 Å². The maximum Gasteiger partial charge on any atom is 0.387 e. The van der Waals surface area contributed by atoms with Crippen molar-refractivity contribution in [3.05, 3.63) is 54.6 Å². The number of hydrogen-bond acceptors (Lipinski definition) is 3. The predicted molar refractivity (Wildman–Crippen MR) is 86.0 cm³/mol. The third-order valence-corrected chi connectivity index (χ3v) is 3.21. The van der Waals surface area contributed by atoms with Crippen molar-refractivity contribution in [3.8, 4) is 5.75 Å². The number of alkyl halides is 2. The van der Waals surface area contributed by atoms with Crippen molar-refractivity contribution in [1.82, 2.24) is 0 Å². The Morgan fingerprint density at radius 3 is 2.43 bits per heavy atom. The van der Waals surface area contributed by atoms with Crippen molar-refractivity contribution in [2.45, 2.75) is 13.5 Å². The van der Waals surface area contributed by atoms with Gasteiger partial charge in [0.05, 0.1) is 12.2 Å². The molecule has 0 saturated carbocycles. The molecule has 0 saturated heterocycles. The Kier molecular flexibility index (Phi) is 5.91. The van der Waals surface area contributed by atoms with Gasteiger partial charge in [-0.25, -0.2) is 0 Å². The Labute approximate surface area is 133 Å². The zero-order chi connectivity index (χ0) is 16.7. The lowest BCUT2D eigenvalue weighted by Crippen LogP contribution is -2.33. The van der Waals surface area contributed by atoms with E-state index >= 15 is 0 Å². The highest BCUT2D eigenvalue weighted by molar-refractivity contribution is 5.95. The smallest absolute Gasteiger partial charge is 0.387 e. The number of rotatable bonds is 7. The molecule has 0 radical (unpaired) electrons. The van der Waals surface area contributed by atoms with Crippen LogP contribution in [0.1, 0.15) is 6.92 Å². The SMILES string of the molecule is CCN(CC(=O)Nc1ccccc1OC(F)F)c1ccccc1. The van der Waals surface area contributed by atoms with Crippen molar-refractivity contribution in [3.63, 3.8) is 0 Å². The van der Waals surface area contributed by atoms with E-state index in [-0.39, 0.29) is 23.9 Å². The molecule has 0 fully saturated rings. The molecule has 2 aromatic carbocycles. The van der Waals surface area contributed by atoms with E-state index in [4.69, 9.17) is 0 Å². The van der Waals surface area contributed by atoms with E-state index in [0.717, 1.165) is 5.69 Å². The molecule has 0 spiro atoms. The topological polar surface area (TPSA) is 41.6 Å². The van der Waals surface area contributed by atoms with Crippen LogP contribution in [0.4, 0.5) is 20.2 Å². The van der Waals surface area contributed by atoms with Crippen molar-refractivity contribution in [2.75, 3.05) is 23.3 Å². The van der Waals surface area contributed by atoms with Gasteiger partial charge in [-0.1, -0.05) is 30.3 Å². The summed E-state index contributed by atoms with van der Waals surface area (Å²) in [5.74, 6) is -0.361. The van der Waals surface area contributed by atoms with Crippen molar-refractivity contribution >= 4 is 17.3 Å². The van der Waals surface area contributed by atoms with Crippen LogP contribution in [-0.4, -0.2) is 25.6 Å². The molecule has 122 valence electrons. The molecule has 23 heavy (non-hydrogen) atoms. The van der Waals surface area contributed by atoms with Crippen molar-refractivity contribution < 1.29 is 18.3 Å². The molecule has 0 bridgehead atoms. The molecular formula is C17H18F2N2O2. The van der Waals surface area contributed by atoms with Crippen LogP contribution in [0.15, 0.2) is 54.6 Å². The number of para-hydroxylation sites is 3. The highest BCUT2D eigenvalue weighted by Gasteiger charge is 2.14. The van der Waals surface area contributed by atoms with Gasteiger partial charge in [0, 0.05) is 12.2 Å². The summed E-state index contributed by atoms with van der Waals surface area (Å²) in [5, 5.41) is 2.61. The molecule has 0 aromatic heterocycles. The van der Waals surface area contributed by atoms with E-state index in [1.807, 2.05) is 42.2 Å². The third-order valence-electron chi connectivity index (χ3n) is 3.21. The number of nitrogens with zero attached hydrogens (tertiary/aromatic N) is 1. The molecule has 4 nitrogen and oxygen atoms in total. The fraction of sp³-hybridized carbons (Fsp3) is 0.235. The summed E-state index contributed by atoms with van der Waals surface area (Å²) in [6.07, 6.45) is 0. The molecule has 0 aliphatic rings. The lowest BCUT2D eigenvalue weighted by Gasteiger charge is -2.22. The minimum Gasteiger partial charge on any atom is -0.433 e. The molecule has 0 aliphatic carbocycles. The molecule has 0 aliphatic heterocycles. The molecular weight excluding hydrogens is 302 g/mol. The Morgan fingerprint density at radius 1 is 1.13 bits per heavy atom. The largest absolute Gasteiger partial charge is 0.433 e. The minimum absolute atomic E-state index is 0.0568. The number of carbonyl (C=O) groups is 1. The number of amides is 1. The van der Waals surface area contributed by atoms with E-state index in [2.05, 4.69) is 10.1 Å². The Bertz CT molecular complexity index is 636. The van der Waals surface area contributed by atoms with Crippen LogP contribution in [-0.2, 0) is 4.79 Å². The predicted octanol–water partition coefficient (Wildman–Crippen LogP) is 3.75. The standard InChI is InChI=1S/C17H18F2N2O2/c1-2-21(13-8-4-3-5-9-13)12-16(22)20-14-10-6-7-11-15(14)23-17(18)19/h3-11,17H,2,12H2,1H3,(H,20,22). The molecule has 2 rings (SSSR count). The molecule has 1 N–H and O–H groups in total. The molecule has 0 heterocycles. The monoisotopic (exact) mass is 320 g/mol. The molecule has 6 heteroatoms. The summed E-state index contributed by atoms with van der Waals surface area (Å²) in [5.41, 5.74) is 1.14. The second kappa shape index (κ2) is 8.12. The summed E-state index contributed by atoms with van der Waals surface area (Å²) in [4.78, 5) is 14.1. The first-order valence-electron chi connectivity index (χ1n) is 7.24. The summed E-state index contributed by atoms with van der Waals surface area (Å²) in [6, 6.07) is 15.6. The maximum absolute atomic E-state index is 12.4. The van der Waals surface area contributed by atoms with Crippen LogP contribution >= 0.6 is 0 Å². The zero-order valence-electron chi connectivity index (χ0n) is 12.7. The van der Waals surface area contributed by atoms with E-state index < -0.39 is 6.61 Å². The second-order valence-electron chi connectivity index (χ2n) is 4.77. The fourth-order valence-electron chi connectivity index (χ4n) is 2.16. The lowest BCUT2D eigenvalue weighted by molar-refractivity contribution is -0.115. The summed E-state index contributed by atoms with van der Waals surface area (Å²) in [6.45, 7) is -0.242. The molecule has 0 unspecified atom stereocenters. The Morgan fingerprint density at radius 2 is 1.78 bits per heavy atom. The van der Waals surface area contributed by atoms with Gasteiger partial charge < -0.3 is 15.0 Å². The summed E-state index contributed by atoms with van der Waals surface area (Å²) in [7, 11) is 0. The van der Waals surface area contributed by atoms with Gasteiger partial charge in [0.2, 0.25) is 5.91 Å². The maximum atomic E-state index is 12.4. The van der Waals surface area contributed by atoms with Gasteiger partial charge in [-0.15, -0.1) is 0 Å². The summed E-state index contributed by atoms with van der Waals surface area (Å²) >= 11 is 0. The van der Waals surface area contributed by atoms with Gasteiger partial charge in [-0.2, -0.15) is 8.78 Å². The van der Waals surface area contributed by atoms with Gasteiger partial charge in [0.15, 0.2) is 0 Å². The number of likely N-dealkylation sites (N-methyl/N-ethyl adjacent to an activating group) is 1. The third kappa shape index (κ3) is 4.95. The van der Waals surface area contributed by atoms with Crippen LogP contribution in [0.25, 0.3) is 0 Å². The van der Waals surface area contributed by atoms with Crippen LogP contribution in [0.5, 0.6) is 5.75 Å². The van der Waals surface area contributed by atoms with E-state index in [1.54, 1.807) is 12.1 Å². The van der Waals surface area contributed by atoms with Gasteiger partial charge in [0.25, 0.3) is 0 Å². The van der Waals surface area contributed by atoms with E-state index in [1.165, 1.54) is 12.1 Å². The minimum atomic E-state index is -2.94. The van der Waals surface area contributed by atoms with Gasteiger partial charge in [-0.3, -0.25) is 4.79 Å². The second-order valence-corrected chi connectivity index (χ2v) is 4.77. The fourth-order valence-corrected chi connectivity index (χ4v) is 2.16. The van der Waals surface area contributed by atoms with Gasteiger partial charge in [-0.05, 0) is 31.2 Å².